The third-order valence-corrected chi connectivity index (χ3v) is 1.97. The van der Waals surface area contributed by atoms with Gasteiger partial charge in [-0.15, -0.1) is 0 Å². The molecule has 1 heterocycles. The van der Waals surface area contributed by atoms with E-state index in [9.17, 15) is 4.79 Å². The van der Waals surface area contributed by atoms with E-state index in [-0.39, 0.29) is 0 Å². The van der Waals surface area contributed by atoms with E-state index in [4.69, 9.17) is 5.73 Å². The van der Waals surface area contributed by atoms with Crippen molar-refractivity contribution in [2.24, 2.45) is 10.8 Å². The lowest BCUT2D eigenvalue weighted by Crippen LogP contribution is -2.33. The van der Waals surface area contributed by atoms with Crippen LogP contribution in [0.2, 0.25) is 0 Å². The summed E-state index contributed by atoms with van der Waals surface area (Å²) in [5.74, 6) is 0. The number of carbonyl (C=O) groups is 1. The first-order valence-corrected chi connectivity index (χ1v) is 3.96. The first kappa shape index (κ1) is 7.79. The molecular weight excluding hydrogens is 166 g/mol. The highest BCUT2D eigenvalue weighted by atomic mass is 16.2. The highest BCUT2D eigenvalue weighted by molar-refractivity contribution is 5.85. The second kappa shape index (κ2) is 2.90. The van der Waals surface area contributed by atoms with Gasteiger partial charge in [0.2, 0.25) is 0 Å². The summed E-state index contributed by atoms with van der Waals surface area (Å²) in [6, 6.07) is 7.25. The molecule has 66 valence electrons. The Morgan fingerprint density at radius 3 is 3.00 bits per heavy atom. The van der Waals surface area contributed by atoms with Crippen LogP contribution in [0.1, 0.15) is 11.1 Å². The van der Waals surface area contributed by atoms with E-state index >= 15 is 0 Å². The fourth-order valence-corrected chi connectivity index (χ4v) is 1.27. The maximum atomic E-state index is 10.8. The Labute approximate surface area is 75.6 Å². The monoisotopic (exact) mass is 175 g/mol. The molecule has 0 unspecified atom stereocenters. The maximum Gasteiger partial charge on any atom is 0.335 e. The predicted molar refractivity (Wildman–Crippen MR) is 49.2 cm³/mol. The molecule has 1 aliphatic rings. The third kappa shape index (κ3) is 1.38. The number of carbonyl (C=O) groups excluding carboxylic acids is 1. The fourth-order valence-electron chi connectivity index (χ4n) is 1.27. The predicted octanol–water partition coefficient (Wildman–Crippen LogP) is 0.915. The van der Waals surface area contributed by atoms with Crippen LogP contribution in [0.3, 0.4) is 0 Å². The van der Waals surface area contributed by atoms with Crippen molar-refractivity contribution in [3.05, 3.63) is 35.4 Å². The molecule has 13 heavy (non-hydrogen) atoms. The molecule has 0 bridgehead atoms. The number of nitrogens with zero attached hydrogens (tertiary/aromatic N) is 2. The lowest BCUT2D eigenvalue weighted by Gasteiger charge is -2.19. The van der Waals surface area contributed by atoms with Crippen LogP contribution in [0, 0.1) is 0 Å². The second-order valence-corrected chi connectivity index (χ2v) is 2.84. The molecule has 2 N–H and O–H groups in total. The van der Waals surface area contributed by atoms with Gasteiger partial charge in [-0.1, -0.05) is 24.3 Å². The summed E-state index contributed by atoms with van der Waals surface area (Å²) in [5.41, 5.74) is 7.21. The first-order valence-electron chi connectivity index (χ1n) is 3.96. The minimum Gasteiger partial charge on any atom is -0.350 e. The summed E-state index contributed by atoms with van der Waals surface area (Å²) in [5, 5.41) is 5.14. The standard InChI is InChI=1S/C9H9N3O/c10-9(13)12-6-8-4-2-1-3-7(8)5-11-12/h1-5H,6H2,(H2,10,13). The van der Waals surface area contributed by atoms with Gasteiger partial charge in [-0.3, -0.25) is 0 Å². The van der Waals surface area contributed by atoms with Gasteiger partial charge in [-0.25, -0.2) is 9.80 Å². The molecule has 0 aromatic heterocycles. The van der Waals surface area contributed by atoms with Crippen LogP contribution >= 0.6 is 0 Å². The van der Waals surface area contributed by atoms with E-state index in [0.29, 0.717) is 6.54 Å². The Bertz CT molecular complexity index is 373. The smallest absolute Gasteiger partial charge is 0.335 e. The molecule has 0 fully saturated rings. The molecule has 4 nitrogen and oxygen atoms in total. The third-order valence-electron chi connectivity index (χ3n) is 1.97. The Kier molecular flexibility index (Phi) is 1.73. The van der Waals surface area contributed by atoms with Crippen LogP contribution in [-0.4, -0.2) is 17.3 Å². The van der Waals surface area contributed by atoms with Crippen LogP contribution in [-0.2, 0) is 6.54 Å². The van der Waals surface area contributed by atoms with Gasteiger partial charge in [0, 0.05) is 0 Å². The zero-order valence-corrected chi connectivity index (χ0v) is 6.97. The summed E-state index contributed by atoms with van der Waals surface area (Å²) in [7, 11) is 0. The maximum absolute atomic E-state index is 10.8. The number of fused-ring (bicyclic) bond motifs is 1. The Balaban J connectivity index is 2.34. The van der Waals surface area contributed by atoms with Gasteiger partial charge in [0.05, 0.1) is 12.8 Å². The Morgan fingerprint density at radius 2 is 2.23 bits per heavy atom. The van der Waals surface area contributed by atoms with Gasteiger partial charge in [-0.05, 0) is 11.1 Å². The quantitative estimate of drug-likeness (QED) is 0.626. The minimum absolute atomic E-state index is 0.460. The van der Waals surface area contributed by atoms with E-state index in [1.165, 1.54) is 5.01 Å². The van der Waals surface area contributed by atoms with Crippen molar-refractivity contribution in [2.45, 2.75) is 6.54 Å². The summed E-state index contributed by atoms with van der Waals surface area (Å²) in [6.45, 7) is 0.460. The fraction of sp³-hybridized carbons (Fsp3) is 0.111. The molecule has 0 saturated carbocycles. The molecule has 1 aromatic rings. The number of benzene rings is 1. The van der Waals surface area contributed by atoms with Crippen LogP contribution in [0.15, 0.2) is 29.4 Å². The number of hydrogen-bond donors (Lipinski definition) is 1. The zero-order chi connectivity index (χ0) is 9.26. The van der Waals surface area contributed by atoms with Crippen molar-refractivity contribution < 1.29 is 4.79 Å². The number of urea groups is 1. The molecule has 2 rings (SSSR count). The highest BCUT2D eigenvalue weighted by Crippen LogP contribution is 2.14. The van der Waals surface area contributed by atoms with Gasteiger partial charge in [0.15, 0.2) is 0 Å². The summed E-state index contributed by atoms with van der Waals surface area (Å²) in [6.07, 6.45) is 1.64. The molecule has 2 amide bonds. The SMILES string of the molecule is NC(=O)N1Cc2ccccc2C=N1. The van der Waals surface area contributed by atoms with E-state index < -0.39 is 6.03 Å². The van der Waals surface area contributed by atoms with E-state index in [1.54, 1.807) is 6.21 Å². The van der Waals surface area contributed by atoms with Gasteiger partial charge in [-0.2, -0.15) is 5.10 Å². The Morgan fingerprint density at radius 1 is 1.46 bits per heavy atom. The van der Waals surface area contributed by atoms with Crippen molar-refractivity contribution in [1.29, 1.82) is 0 Å². The van der Waals surface area contributed by atoms with Crippen molar-refractivity contribution in [1.82, 2.24) is 5.01 Å². The van der Waals surface area contributed by atoms with Crippen LogP contribution < -0.4 is 5.73 Å². The lowest BCUT2D eigenvalue weighted by atomic mass is 10.1. The zero-order valence-electron chi connectivity index (χ0n) is 6.97. The molecule has 0 spiro atoms. The van der Waals surface area contributed by atoms with Gasteiger partial charge in [0.1, 0.15) is 0 Å². The lowest BCUT2D eigenvalue weighted by molar-refractivity contribution is 0.207. The number of hydrazone groups is 1. The number of amides is 2. The van der Waals surface area contributed by atoms with Crippen molar-refractivity contribution in [2.75, 3.05) is 0 Å². The van der Waals surface area contributed by atoms with Crippen LogP contribution in [0.4, 0.5) is 4.79 Å². The molecule has 1 aliphatic heterocycles. The van der Waals surface area contributed by atoms with Crippen LogP contribution in [0.5, 0.6) is 0 Å². The second-order valence-electron chi connectivity index (χ2n) is 2.84. The summed E-state index contributed by atoms with van der Waals surface area (Å²) in [4.78, 5) is 10.8. The number of nitrogens with two attached hydrogens (primary N) is 1. The highest BCUT2D eigenvalue weighted by Gasteiger charge is 2.14. The van der Waals surface area contributed by atoms with E-state index in [1.807, 2.05) is 24.3 Å². The van der Waals surface area contributed by atoms with Crippen LogP contribution in [0.25, 0.3) is 0 Å². The summed E-state index contributed by atoms with van der Waals surface area (Å²) >= 11 is 0. The van der Waals surface area contributed by atoms with Crippen molar-refractivity contribution in [3.63, 3.8) is 0 Å². The average molecular weight is 175 g/mol. The normalized spacial score (nSPS) is 14.0. The first-order chi connectivity index (χ1) is 6.27. The van der Waals surface area contributed by atoms with Gasteiger partial charge in [0.25, 0.3) is 0 Å². The number of rotatable bonds is 0. The molecular formula is C9H9N3O. The molecule has 0 aliphatic carbocycles. The number of primary amides is 1. The van der Waals surface area contributed by atoms with Gasteiger partial charge >= 0.3 is 6.03 Å². The van der Waals surface area contributed by atoms with E-state index in [2.05, 4.69) is 5.10 Å². The largest absolute Gasteiger partial charge is 0.350 e. The molecule has 0 atom stereocenters. The van der Waals surface area contributed by atoms with E-state index in [0.717, 1.165) is 11.1 Å². The topological polar surface area (TPSA) is 58.7 Å². The molecule has 1 aromatic carbocycles. The number of hydrogen-bond acceptors (Lipinski definition) is 2. The average Bonchev–Trinajstić information content (AvgIpc) is 2.17. The molecule has 0 radical (unpaired) electrons. The molecule has 0 saturated heterocycles. The van der Waals surface area contributed by atoms with Crippen molar-refractivity contribution in [3.8, 4) is 0 Å². The Hall–Kier alpha value is -1.84. The molecule has 4 heteroatoms. The summed E-state index contributed by atoms with van der Waals surface area (Å²) < 4.78 is 0. The van der Waals surface area contributed by atoms with Crippen molar-refractivity contribution >= 4 is 12.2 Å². The minimum atomic E-state index is -0.522. The van der Waals surface area contributed by atoms with Gasteiger partial charge < -0.3 is 5.73 Å².